The summed E-state index contributed by atoms with van der Waals surface area (Å²) in [6.07, 6.45) is 0. The van der Waals surface area contributed by atoms with Gasteiger partial charge in [-0.05, 0) is 24.6 Å². The van der Waals surface area contributed by atoms with E-state index in [0.717, 1.165) is 0 Å². The summed E-state index contributed by atoms with van der Waals surface area (Å²) in [4.78, 5) is 11.0. The number of rotatable bonds is 2. The fourth-order valence-electron chi connectivity index (χ4n) is 2.10. The van der Waals surface area contributed by atoms with Crippen LogP contribution < -0.4 is 10.9 Å². The number of hydrogen-bond acceptors (Lipinski definition) is 3. The highest BCUT2D eigenvalue weighted by molar-refractivity contribution is 5.75. The van der Waals surface area contributed by atoms with E-state index in [1.165, 1.54) is 12.1 Å². The van der Waals surface area contributed by atoms with Crippen LogP contribution in [0.15, 0.2) is 24.3 Å². The first-order valence-corrected chi connectivity index (χ1v) is 5.09. The van der Waals surface area contributed by atoms with Crippen molar-refractivity contribution in [1.29, 1.82) is 0 Å². The molecular weight excluding hydrogens is 211 g/mol. The van der Waals surface area contributed by atoms with Crippen LogP contribution in [0.2, 0.25) is 0 Å². The molecule has 1 fully saturated rings. The Kier molecular flexibility index (Phi) is 2.89. The molecule has 5 heteroatoms. The molecule has 1 aliphatic heterocycles. The minimum atomic E-state index is -0.939. The average Bonchev–Trinajstić information content (AvgIpc) is 2.60. The number of carboxylic acids is 1. The van der Waals surface area contributed by atoms with Gasteiger partial charge < -0.3 is 5.11 Å². The predicted molar refractivity (Wildman–Crippen MR) is 56.3 cm³/mol. The summed E-state index contributed by atoms with van der Waals surface area (Å²) in [5, 5.41) is 9.04. The van der Waals surface area contributed by atoms with Gasteiger partial charge in [-0.1, -0.05) is 12.1 Å². The molecule has 0 aromatic heterocycles. The third-order valence-corrected chi connectivity index (χ3v) is 2.86. The van der Waals surface area contributed by atoms with Crippen LogP contribution in [0.5, 0.6) is 0 Å². The zero-order valence-electron chi connectivity index (χ0n) is 8.77. The normalized spacial score (nSPS) is 29.2. The Morgan fingerprint density at radius 2 is 2.19 bits per heavy atom. The van der Waals surface area contributed by atoms with Crippen LogP contribution in [0.3, 0.4) is 0 Å². The Bertz CT molecular complexity index is 411. The largest absolute Gasteiger partial charge is 0.480 e. The number of hydrogen-bond donors (Lipinski definition) is 3. The number of carboxylic acid groups (broad SMARTS) is 1. The van der Waals surface area contributed by atoms with E-state index in [1.807, 2.05) is 6.92 Å². The zero-order valence-corrected chi connectivity index (χ0v) is 8.77. The maximum atomic E-state index is 13.1. The van der Waals surface area contributed by atoms with Gasteiger partial charge in [0.1, 0.15) is 11.9 Å². The smallest absolute Gasteiger partial charge is 0.322 e. The molecule has 1 heterocycles. The maximum absolute atomic E-state index is 13.1. The molecule has 0 amide bonds. The molecule has 0 spiro atoms. The van der Waals surface area contributed by atoms with Crippen molar-refractivity contribution in [2.75, 3.05) is 0 Å². The highest BCUT2D eigenvalue weighted by Gasteiger charge is 2.38. The summed E-state index contributed by atoms with van der Waals surface area (Å²) < 4.78 is 13.1. The summed E-state index contributed by atoms with van der Waals surface area (Å²) in [6.45, 7) is 1.87. The van der Waals surface area contributed by atoms with Crippen molar-refractivity contribution in [2.45, 2.75) is 24.9 Å². The summed E-state index contributed by atoms with van der Waals surface area (Å²) in [6, 6.07) is 5.29. The first kappa shape index (κ1) is 11.0. The van der Waals surface area contributed by atoms with Gasteiger partial charge in [0.15, 0.2) is 0 Å². The molecule has 2 rings (SSSR count). The quantitative estimate of drug-likeness (QED) is 0.697. The second-order valence-corrected chi connectivity index (χ2v) is 3.97. The standard InChI is InChI=1S/C11H13FN2O2/c1-6-9(10(11(15)16)14-13-6)7-3-2-4-8(12)5-7/h2-6,9-10,13-14H,1H3,(H,15,16). The van der Waals surface area contributed by atoms with E-state index in [0.29, 0.717) is 5.56 Å². The second kappa shape index (κ2) is 4.19. The molecule has 0 bridgehead atoms. The van der Waals surface area contributed by atoms with Gasteiger partial charge in [-0.25, -0.2) is 9.82 Å². The lowest BCUT2D eigenvalue weighted by atomic mass is 9.88. The molecule has 86 valence electrons. The first-order chi connectivity index (χ1) is 7.59. The molecule has 0 aliphatic carbocycles. The van der Waals surface area contributed by atoms with Crippen LogP contribution in [-0.4, -0.2) is 23.2 Å². The van der Waals surface area contributed by atoms with E-state index in [9.17, 15) is 9.18 Å². The molecule has 3 unspecified atom stereocenters. The fourth-order valence-corrected chi connectivity index (χ4v) is 2.10. The maximum Gasteiger partial charge on any atom is 0.322 e. The Labute approximate surface area is 92.4 Å². The third-order valence-electron chi connectivity index (χ3n) is 2.86. The topological polar surface area (TPSA) is 61.4 Å². The van der Waals surface area contributed by atoms with E-state index in [-0.39, 0.29) is 17.8 Å². The lowest BCUT2D eigenvalue weighted by molar-refractivity contribution is -0.139. The molecule has 1 aromatic carbocycles. The molecule has 3 atom stereocenters. The van der Waals surface area contributed by atoms with Crippen molar-refractivity contribution in [3.63, 3.8) is 0 Å². The van der Waals surface area contributed by atoms with Crippen LogP contribution in [0.1, 0.15) is 18.4 Å². The molecule has 4 nitrogen and oxygen atoms in total. The number of benzene rings is 1. The van der Waals surface area contributed by atoms with Crippen molar-refractivity contribution >= 4 is 5.97 Å². The molecular formula is C11H13FN2O2. The van der Waals surface area contributed by atoms with Gasteiger partial charge >= 0.3 is 5.97 Å². The van der Waals surface area contributed by atoms with E-state index in [4.69, 9.17) is 5.11 Å². The van der Waals surface area contributed by atoms with Gasteiger partial charge in [0.25, 0.3) is 0 Å². The predicted octanol–water partition coefficient (Wildman–Crippen LogP) is 0.859. The van der Waals surface area contributed by atoms with Gasteiger partial charge in [0.05, 0.1) is 0 Å². The third kappa shape index (κ3) is 1.91. The van der Waals surface area contributed by atoms with E-state index < -0.39 is 12.0 Å². The Balaban J connectivity index is 2.33. The number of aliphatic carboxylic acids is 1. The van der Waals surface area contributed by atoms with Crippen molar-refractivity contribution in [3.8, 4) is 0 Å². The molecule has 16 heavy (non-hydrogen) atoms. The van der Waals surface area contributed by atoms with Crippen LogP contribution in [0.4, 0.5) is 4.39 Å². The molecule has 3 N–H and O–H groups in total. The van der Waals surface area contributed by atoms with Gasteiger partial charge in [0, 0.05) is 12.0 Å². The van der Waals surface area contributed by atoms with E-state index in [1.54, 1.807) is 12.1 Å². The molecule has 1 aliphatic rings. The molecule has 0 saturated carbocycles. The van der Waals surface area contributed by atoms with Gasteiger partial charge in [-0.15, -0.1) is 0 Å². The average molecular weight is 224 g/mol. The summed E-state index contributed by atoms with van der Waals surface area (Å²) in [5.74, 6) is -1.56. The second-order valence-electron chi connectivity index (χ2n) is 3.97. The summed E-state index contributed by atoms with van der Waals surface area (Å²) in [7, 11) is 0. The molecule has 1 saturated heterocycles. The minimum Gasteiger partial charge on any atom is -0.480 e. The lowest BCUT2D eigenvalue weighted by Gasteiger charge is -2.18. The fraction of sp³-hybridized carbons (Fsp3) is 0.364. The van der Waals surface area contributed by atoms with Crippen molar-refractivity contribution in [1.82, 2.24) is 10.9 Å². The van der Waals surface area contributed by atoms with Crippen LogP contribution in [0.25, 0.3) is 0 Å². The lowest BCUT2D eigenvalue weighted by Crippen LogP contribution is -2.38. The number of nitrogens with one attached hydrogen (secondary N) is 2. The summed E-state index contributed by atoms with van der Waals surface area (Å²) >= 11 is 0. The summed E-state index contributed by atoms with van der Waals surface area (Å²) in [5.41, 5.74) is 6.26. The number of carbonyl (C=O) groups is 1. The SMILES string of the molecule is CC1NNC(C(=O)O)C1c1cccc(F)c1. The molecule has 1 aromatic rings. The Morgan fingerprint density at radius 1 is 1.44 bits per heavy atom. The van der Waals surface area contributed by atoms with Gasteiger partial charge in [-0.2, -0.15) is 0 Å². The van der Waals surface area contributed by atoms with E-state index in [2.05, 4.69) is 10.9 Å². The van der Waals surface area contributed by atoms with Gasteiger partial charge in [0.2, 0.25) is 0 Å². The number of halogens is 1. The first-order valence-electron chi connectivity index (χ1n) is 5.09. The Morgan fingerprint density at radius 3 is 2.81 bits per heavy atom. The van der Waals surface area contributed by atoms with Crippen molar-refractivity contribution in [3.05, 3.63) is 35.6 Å². The van der Waals surface area contributed by atoms with Crippen LogP contribution >= 0.6 is 0 Å². The highest BCUT2D eigenvalue weighted by Crippen LogP contribution is 2.27. The number of hydrazine groups is 1. The van der Waals surface area contributed by atoms with E-state index >= 15 is 0 Å². The molecule has 0 radical (unpaired) electrons. The monoisotopic (exact) mass is 224 g/mol. The van der Waals surface area contributed by atoms with Crippen molar-refractivity contribution in [2.24, 2.45) is 0 Å². The minimum absolute atomic E-state index is 0.0529. The van der Waals surface area contributed by atoms with Gasteiger partial charge in [-0.3, -0.25) is 10.2 Å². The zero-order chi connectivity index (χ0) is 11.7. The highest BCUT2D eigenvalue weighted by atomic mass is 19.1. The van der Waals surface area contributed by atoms with Crippen LogP contribution in [0, 0.1) is 5.82 Å². The van der Waals surface area contributed by atoms with Crippen molar-refractivity contribution < 1.29 is 14.3 Å². The Hall–Kier alpha value is -1.46. The van der Waals surface area contributed by atoms with Crippen LogP contribution in [-0.2, 0) is 4.79 Å².